The summed E-state index contributed by atoms with van der Waals surface area (Å²) >= 11 is 1.71. The van der Waals surface area contributed by atoms with Gasteiger partial charge >= 0.3 is 0 Å². The monoisotopic (exact) mass is 196 g/mol. The molecule has 1 unspecified atom stereocenters. The molecule has 1 N–H and O–H groups in total. The maximum Gasteiger partial charge on any atom is 0.210 e. The predicted molar refractivity (Wildman–Crippen MR) is 52.7 cm³/mol. The van der Waals surface area contributed by atoms with E-state index in [-0.39, 0.29) is 6.04 Å². The SMILES string of the molecule is O=CN1CCNCC1c1cccs1. The number of hydrogen-bond acceptors (Lipinski definition) is 3. The number of piperazine rings is 1. The number of carbonyl (C=O) groups excluding carboxylic acids is 1. The summed E-state index contributed by atoms with van der Waals surface area (Å²) < 4.78 is 0. The third-order valence-electron chi connectivity index (χ3n) is 2.29. The van der Waals surface area contributed by atoms with Crippen molar-refractivity contribution in [2.24, 2.45) is 0 Å². The van der Waals surface area contributed by atoms with Gasteiger partial charge in [-0.15, -0.1) is 11.3 Å². The van der Waals surface area contributed by atoms with Gasteiger partial charge in [0.05, 0.1) is 6.04 Å². The van der Waals surface area contributed by atoms with Crippen LogP contribution in [-0.2, 0) is 4.79 Å². The van der Waals surface area contributed by atoms with Crippen LogP contribution in [0.2, 0.25) is 0 Å². The topological polar surface area (TPSA) is 32.3 Å². The summed E-state index contributed by atoms with van der Waals surface area (Å²) in [7, 11) is 0. The summed E-state index contributed by atoms with van der Waals surface area (Å²) in [6, 6.07) is 4.35. The number of hydrogen-bond donors (Lipinski definition) is 1. The quantitative estimate of drug-likeness (QED) is 0.711. The molecule has 0 aliphatic carbocycles. The predicted octanol–water partition coefficient (Wildman–Crippen LogP) is 0.851. The minimum absolute atomic E-state index is 0.242. The Hall–Kier alpha value is -0.870. The Morgan fingerprint density at radius 2 is 2.62 bits per heavy atom. The molecule has 1 aromatic rings. The van der Waals surface area contributed by atoms with E-state index in [1.807, 2.05) is 16.3 Å². The maximum atomic E-state index is 10.8. The molecule has 2 heterocycles. The first kappa shape index (κ1) is 8.72. The molecule has 0 spiro atoms. The van der Waals surface area contributed by atoms with Crippen molar-refractivity contribution >= 4 is 17.7 Å². The van der Waals surface area contributed by atoms with E-state index >= 15 is 0 Å². The van der Waals surface area contributed by atoms with Crippen molar-refractivity contribution in [2.75, 3.05) is 19.6 Å². The van der Waals surface area contributed by atoms with Crippen LogP contribution in [0.4, 0.5) is 0 Å². The molecule has 1 amide bonds. The normalized spacial score (nSPS) is 23.1. The lowest BCUT2D eigenvalue weighted by Crippen LogP contribution is -2.44. The zero-order chi connectivity index (χ0) is 9.10. The van der Waals surface area contributed by atoms with Crippen LogP contribution in [0, 0.1) is 0 Å². The minimum atomic E-state index is 0.242. The van der Waals surface area contributed by atoms with Crippen molar-refractivity contribution in [1.82, 2.24) is 10.2 Å². The Morgan fingerprint density at radius 1 is 1.69 bits per heavy atom. The third-order valence-corrected chi connectivity index (χ3v) is 3.27. The average molecular weight is 196 g/mol. The smallest absolute Gasteiger partial charge is 0.210 e. The molecule has 0 saturated carbocycles. The fourth-order valence-electron chi connectivity index (χ4n) is 1.59. The van der Waals surface area contributed by atoms with Crippen molar-refractivity contribution in [3.05, 3.63) is 22.4 Å². The second kappa shape index (κ2) is 3.89. The van der Waals surface area contributed by atoms with Crippen LogP contribution in [0.25, 0.3) is 0 Å². The molecule has 13 heavy (non-hydrogen) atoms. The molecule has 1 aliphatic rings. The fraction of sp³-hybridized carbons (Fsp3) is 0.444. The summed E-state index contributed by atoms with van der Waals surface area (Å²) in [5, 5.41) is 5.34. The van der Waals surface area contributed by atoms with E-state index in [9.17, 15) is 4.79 Å². The van der Waals surface area contributed by atoms with E-state index < -0.39 is 0 Å². The number of carbonyl (C=O) groups is 1. The Morgan fingerprint density at radius 3 is 3.31 bits per heavy atom. The van der Waals surface area contributed by atoms with Gasteiger partial charge in [-0.25, -0.2) is 0 Å². The molecule has 70 valence electrons. The average Bonchev–Trinajstić information content (AvgIpc) is 2.70. The van der Waals surface area contributed by atoms with E-state index in [1.54, 1.807) is 11.3 Å². The molecule has 0 bridgehead atoms. The number of nitrogens with zero attached hydrogens (tertiary/aromatic N) is 1. The molecule has 1 aromatic heterocycles. The van der Waals surface area contributed by atoms with Gasteiger partial charge in [-0.1, -0.05) is 6.07 Å². The third kappa shape index (κ3) is 1.73. The molecule has 1 aliphatic heterocycles. The standard InChI is InChI=1S/C9H12N2OS/c12-7-11-4-3-10-6-8(11)9-2-1-5-13-9/h1-2,5,7-8,10H,3-4,6H2. The lowest BCUT2D eigenvalue weighted by molar-refractivity contribution is -0.121. The van der Waals surface area contributed by atoms with Crippen LogP contribution in [0.1, 0.15) is 10.9 Å². The molecule has 1 fully saturated rings. The summed E-state index contributed by atoms with van der Waals surface area (Å²) in [6.45, 7) is 2.59. The Bertz CT molecular complexity index is 273. The van der Waals surface area contributed by atoms with Crippen LogP contribution in [0.15, 0.2) is 17.5 Å². The zero-order valence-electron chi connectivity index (χ0n) is 7.27. The van der Waals surface area contributed by atoms with Crippen LogP contribution in [-0.4, -0.2) is 30.9 Å². The Balaban J connectivity index is 2.15. The van der Waals surface area contributed by atoms with E-state index in [4.69, 9.17) is 0 Å². The van der Waals surface area contributed by atoms with Gasteiger partial charge in [-0.2, -0.15) is 0 Å². The van der Waals surface area contributed by atoms with Gasteiger partial charge in [-0.3, -0.25) is 4.79 Å². The lowest BCUT2D eigenvalue weighted by atomic mass is 10.2. The molecule has 0 aromatic carbocycles. The Labute approximate surface area is 81.4 Å². The first-order valence-corrected chi connectivity index (χ1v) is 5.25. The molecule has 4 heteroatoms. The highest BCUT2D eigenvalue weighted by molar-refractivity contribution is 7.10. The number of amides is 1. The zero-order valence-corrected chi connectivity index (χ0v) is 8.09. The van der Waals surface area contributed by atoms with Gasteiger partial charge in [0.25, 0.3) is 0 Å². The first-order valence-electron chi connectivity index (χ1n) is 4.37. The number of thiophene rings is 1. The van der Waals surface area contributed by atoms with Crippen LogP contribution >= 0.6 is 11.3 Å². The lowest BCUT2D eigenvalue weighted by Gasteiger charge is -2.32. The second-order valence-electron chi connectivity index (χ2n) is 3.08. The van der Waals surface area contributed by atoms with Crippen molar-refractivity contribution < 1.29 is 4.79 Å². The maximum absolute atomic E-state index is 10.8. The van der Waals surface area contributed by atoms with Crippen molar-refractivity contribution in [2.45, 2.75) is 6.04 Å². The van der Waals surface area contributed by atoms with Gasteiger partial charge in [0, 0.05) is 24.5 Å². The minimum Gasteiger partial charge on any atom is -0.335 e. The molecule has 1 atom stereocenters. The van der Waals surface area contributed by atoms with E-state index in [0.717, 1.165) is 26.0 Å². The molecule has 3 nitrogen and oxygen atoms in total. The molecule has 1 saturated heterocycles. The highest BCUT2D eigenvalue weighted by Crippen LogP contribution is 2.24. The van der Waals surface area contributed by atoms with Gasteiger partial charge in [0.15, 0.2) is 0 Å². The van der Waals surface area contributed by atoms with Crippen LogP contribution in [0.3, 0.4) is 0 Å². The van der Waals surface area contributed by atoms with Gasteiger partial charge in [-0.05, 0) is 11.4 Å². The number of rotatable bonds is 2. The van der Waals surface area contributed by atoms with Crippen molar-refractivity contribution in [1.29, 1.82) is 0 Å². The van der Waals surface area contributed by atoms with Gasteiger partial charge < -0.3 is 10.2 Å². The highest BCUT2D eigenvalue weighted by atomic mass is 32.1. The van der Waals surface area contributed by atoms with Crippen molar-refractivity contribution in [3.8, 4) is 0 Å². The summed E-state index contributed by atoms with van der Waals surface area (Å²) in [6.07, 6.45) is 0.950. The second-order valence-corrected chi connectivity index (χ2v) is 4.06. The number of nitrogens with one attached hydrogen (secondary N) is 1. The van der Waals surface area contributed by atoms with Gasteiger partial charge in [0.1, 0.15) is 0 Å². The van der Waals surface area contributed by atoms with Crippen LogP contribution < -0.4 is 5.32 Å². The van der Waals surface area contributed by atoms with Crippen molar-refractivity contribution in [3.63, 3.8) is 0 Å². The largest absolute Gasteiger partial charge is 0.335 e. The summed E-state index contributed by atoms with van der Waals surface area (Å²) in [5.74, 6) is 0. The molecular weight excluding hydrogens is 184 g/mol. The summed E-state index contributed by atoms with van der Waals surface area (Å²) in [5.41, 5.74) is 0. The van der Waals surface area contributed by atoms with Crippen LogP contribution in [0.5, 0.6) is 0 Å². The highest BCUT2D eigenvalue weighted by Gasteiger charge is 2.22. The van der Waals surface area contributed by atoms with E-state index in [2.05, 4.69) is 11.4 Å². The molecule has 2 rings (SSSR count). The molecular formula is C9H12N2OS. The first-order chi connectivity index (χ1) is 6.42. The molecule has 0 radical (unpaired) electrons. The van der Waals surface area contributed by atoms with Gasteiger partial charge in [0.2, 0.25) is 6.41 Å². The van der Waals surface area contributed by atoms with E-state index in [0.29, 0.717) is 0 Å². The summed E-state index contributed by atoms with van der Waals surface area (Å²) in [4.78, 5) is 13.9. The van der Waals surface area contributed by atoms with E-state index in [1.165, 1.54) is 4.88 Å². The fourth-order valence-corrected chi connectivity index (χ4v) is 2.44. The Kier molecular flexibility index (Phi) is 2.61.